The van der Waals surface area contributed by atoms with E-state index in [-0.39, 0.29) is 18.2 Å². The molecule has 1 heterocycles. The van der Waals surface area contributed by atoms with Crippen LogP contribution in [0.25, 0.3) is 0 Å². The van der Waals surface area contributed by atoms with Crippen LogP contribution in [0.1, 0.15) is 26.7 Å². The van der Waals surface area contributed by atoms with Crippen molar-refractivity contribution in [3.8, 4) is 0 Å². The van der Waals surface area contributed by atoms with Crippen molar-refractivity contribution in [1.82, 2.24) is 10.2 Å². The first kappa shape index (κ1) is 13.3. The fourth-order valence-electron chi connectivity index (χ4n) is 1.90. The third kappa shape index (κ3) is 4.81. The summed E-state index contributed by atoms with van der Waals surface area (Å²) in [6, 6.07) is 0.250. The summed E-state index contributed by atoms with van der Waals surface area (Å²) < 4.78 is 5.04. The van der Waals surface area contributed by atoms with E-state index >= 15 is 0 Å². The van der Waals surface area contributed by atoms with Gasteiger partial charge in [0, 0.05) is 32.2 Å². The number of ether oxygens (including phenoxy) is 1. The Bertz CT molecular complexity index is 213. The molecule has 16 heavy (non-hydrogen) atoms. The number of likely N-dealkylation sites (tertiary alicyclic amines) is 1. The molecule has 0 saturated carbocycles. The molecule has 1 aliphatic heterocycles. The Kier molecular flexibility index (Phi) is 5.55. The lowest BCUT2D eigenvalue weighted by Crippen LogP contribution is -2.46. The molecule has 1 fully saturated rings. The smallest absolute Gasteiger partial charge is 0.407 e. The molecule has 0 radical (unpaired) electrons. The Labute approximate surface area is 97.3 Å². The van der Waals surface area contributed by atoms with Crippen molar-refractivity contribution in [2.75, 3.05) is 26.2 Å². The number of amides is 1. The number of nitrogens with two attached hydrogens (primary N) is 1. The van der Waals surface area contributed by atoms with Crippen LogP contribution in [0.15, 0.2) is 0 Å². The van der Waals surface area contributed by atoms with E-state index in [1.165, 1.54) is 0 Å². The van der Waals surface area contributed by atoms with E-state index in [1.54, 1.807) is 0 Å². The van der Waals surface area contributed by atoms with Gasteiger partial charge in [0.25, 0.3) is 0 Å². The maximum absolute atomic E-state index is 11.4. The van der Waals surface area contributed by atoms with E-state index < -0.39 is 0 Å². The first-order valence-electron chi connectivity index (χ1n) is 6.01. The molecule has 0 aliphatic carbocycles. The minimum absolute atomic E-state index is 0.0580. The van der Waals surface area contributed by atoms with Crippen molar-refractivity contribution in [1.29, 1.82) is 0 Å². The van der Waals surface area contributed by atoms with Gasteiger partial charge in [-0.25, -0.2) is 4.79 Å². The van der Waals surface area contributed by atoms with Gasteiger partial charge in [0.1, 0.15) is 0 Å². The average molecular weight is 229 g/mol. The zero-order chi connectivity index (χ0) is 12.0. The fraction of sp³-hybridized carbons (Fsp3) is 0.909. The van der Waals surface area contributed by atoms with E-state index in [1.807, 2.05) is 13.8 Å². The second-order valence-electron chi connectivity index (χ2n) is 4.50. The number of carbonyl (C=O) groups excluding carboxylic acids is 1. The van der Waals surface area contributed by atoms with Crippen LogP contribution in [0.5, 0.6) is 0 Å². The molecular weight excluding hydrogens is 206 g/mol. The summed E-state index contributed by atoms with van der Waals surface area (Å²) in [7, 11) is 0. The molecule has 0 atom stereocenters. The molecule has 0 bridgehead atoms. The van der Waals surface area contributed by atoms with Crippen LogP contribution in [-0.2, 0) is 4.74 Å². The van der Waals surface area contributed by atoms with Crippen molar-refractivity contribution < 1.29 is 9.53 Å². The highest BCUT2D eigenvalue weighted by Crippen LogP contribution is 2.09. The quantitative estimate of drug-likeness (QED) is 0.738. The zero-order valence-corrected chi connectivity index (χ0v) is 10.2. The molecule has 5 nitrogen and oxygen atoms in total. The van der Waals surface area contributed by atoms with Crippen LogP contribution >= 0.6 is 0 Å². The molecule has 1 rings (SSSR count). The summed E-state index contributed by atoms with van der Waals surface area (Å²) in [4.78, 5) is 13.7. The van der Waals surface area contributed by atoms with Gasteiger partial charge in [-0.1, -0.05) is 0 Å². The molecule has 1 saturated heterocycles. The van der Waals surface area contributed by atoms with Gasteiger partial charge in [0.05, 0.1) is 6.10 Å². The van der Waals surface area contributed by atoms with Crippen molar-refractivity contribution in [2.24, 2.45) is 5.73 Å². The van der Waals surface area contributed by atoms with Crippen LogP contribution in [0.4, 0.5) is 4.79 Å². The Morgan fingerprint density at radius 3 is 2.62 bits per heavy atom. The minimum Gasteiger partial charge on any atom is -0.447 e. The maximum Gasteiger partial charge on any atom is 0.407 e. The summed E-state index contributed by atoms with van der Waals surface area (Å²) in [6.45, 7) is 7.36. The molecule has 0 aromatic rings. The summed E-state index contributed by atoms with van der Waals surface area (Å²) in [5.74, 6) is 0. The van der Waals surface area contributed by atoms with Gasteiger partial charge in [0.2, 0.25) is 0 Å². The zero-order valence-electron chi connectivity index (χ0n) is 10.2. The Morgan fingerprint density at radius 2 is 2.12 bits per heavy atom. The van der Waals surface area contributed by atoms with E-state index in [4.69, 9.17) is 10.5 Å². The van der Waals surface area contributed by atoms with Gasteiger partial charge in [-0.15, -0.1) is 0 Å². The molecular formula is C11H23N3O2. The lowest BCUT2D eigenvalue weighted by molar-refractivity contribution is 0.106. The average Bonchev–Trinajstić information content (AvgIpc) is 2.20. The lowest BCUT2D eigenvalue weighted by atomic mass is 10.1. The molecule has 1 amide bonds. The number of carbonyl (C=O) groups is 1. The molecule has 1 aliphatic rings. The Morgan fingerprint density at radius 1 is 1.50 bits per heavy atom. The summed E-state index contributed by atoms with van der Waals surface area (Å²) >= 11 is 0. The maximum atomic E-state index is 11.4. The molecule has 94 valence electrons. The third-order valence-corrected chi connectivity index (χ3v) is 2.70. The molecule has 0 aromatic carbocycles. The first-order chi connectivity index (χ1) is 7.61. The predicted molar refractivity (Wildman–Crippen MR) is 63.3 cm³/mol. The molecule has 3 N–H and O–H groups in total. The summed E-state index contributed by atoms with van der Waals surface area (Å²) in [5.41, 5.74) is 5.50. The second-order valence-corrected chi connectivity index (χ2v) is 4.50. The lowest BCUT2D eigenvalue weighted by Gasteiger charge is -2.31. The van der Waals surface area contributed by atoms with Crippen molar-refractivity contribution in [3.63, 3.8) is 0 Å². The number of nitrogens with zero attached hydrogens (tertiary/aromatic N) is 1. The fourth-order valence-corrected chi connectivity index (χ4v) is 1.90. The van der Waals surface area contributed by atoms with E-state index in [2.05, 4.69) is 10.2 Å². The normalized spacial score (nSPS) is 18.8. The van der Waals surface area contributed by atoms with Gasteiger partial charge in [-0.2, -0.15) is 0 Å². The predicted octanol–water partition coefficient (Wildman–Crippen LogP) is 0.544. The summed E-state index contributed by atoms with van der Waals surface area (Å²) in [5, 5.41) is 2.89. The van der Waals surface area contributed by atoms with Gasteiger partial charge < -0.3 is 20.7 Å². The van der Waals surface area contributed by atoms with Crippen molar-refractivity contribution in [2.45, 2.75) is 38.8 Å². The SMILES string of the molecule is CC(C)OC(=O)NC1CCN(CCN)CC1. The number of alkyl carbamates (subject to hydrolysis) is 1. The minimum atomic E-state index is -0.299. The molecule has 0 spiro atoms. The van der Waals surface area contributed by atoms with E-state index in [0.29, 0.717) is 6.54 Å². The van der Waals surface area contributed by atoms with Gasteiger partial charge in [-0.05, 0) is 26.7 Å². The number of hydrogen-bond donors (Lipinski definition) is 2. The summed E-state index contributed by atoms with van der Waals surface area (Å²) in [6.07, 6.45) is 1.60. The first-order valence-corrected chi connectivity index (χ1v) is 6.01. The largest absolute Gasteiger partial charge is 0.447 e. The topological polar surface area (TPSA) is 67.6 Å². The van der Waals surface area contributed by atoms with Crippen LogP contribution in [0, 0.1) is 0 Å². The van der Waals surface area contributed by atoms with Crippen LogP contribution < -0.4 is 11.1 Å². The van der Waals surface area contributed by atoms with Crippen molar-refractivity contribution in [3.05, 3.63) is 0 Å². The highest BCUT2D eigenvalue weighted by molar-refractivity contribution is 5.67. The van der Waals surface area contributed by atoms with Crippen LogP contribution in [0.3, 0.4) is 0 Å². The highest BCUT2D eigenvalue weighted by Gasteiger charge is 2.20. The monoisotopic (exact) mass is 229 g/mol. The Hall–Kier alpha value is -0.810. The van der Waals surface area contributed by atoms with E-state index in [9.17, 15) is 4.79 Å². The van der Waals surface area contributed by atoms with Gasteiger partial charge in [0.15, 0.2) is 0 Å². The number of nitrogens with one attached hydrogen (secondary N) is 1. The number of rotatable bonds is 4. The number of piperidine rings is 1. The standard InChI is InChI=1S/C11H23N3O2/c1-9(2)16-11(15)13-10-3-6-14(7-4-10)8-5-12/h9-10H,3-8,12H2,1-2H3,(H,13,15). The highest BCUT2D eigenvalue weighted by atomic mass is 16.6. The van der Waals surface area contributed by atoms with Gasteiger partial charge in [-0.3, -0.25) is 0 Å². The molecule has 0 aromatic heterocycles. The van der Waals surface area contributed by atoms with Crippen LogP contribution in [-0.4, -0.2) is 49.3 Å². The second kappa shape index (κ2) is 6.70. The third-order valence-electron chi connectivity index (χ3n) is 2.70. The van der Waals surface area contributed by atoms with Gasteiger partial charge >= 0.3 is 6.09 Å². The Balaban J connectivity index is 2.19. The van der Waals surface area contributed by atoms with Crippen molar-refractivity contribution >= 4 is 6.09 Å². The molecule has 0 unspecified atom stereocenters. The number of hydrogen-bond acceptors (Lipinski definition) is 4. The van der Waals surface area contributed by atoms with E-state index in [0.717, 1.165) is 32.5 Å². The molecule has 5 heteroatoms. The van der Waals surface area contributed by atoms with Crippen LogP contribution in [0.2, 0.25) is 0 Å².